The Hall–Kier alpha value is -1.48. The smallest absolute Gasteiger partial charge is 0.337 e. The molecule has 0 saturated carbocycles. The molecule has 4 heteroatoms. The zero-order valence-electron chi connectivity index (χ0n) is 12.2. The van der Waals surface area contributed by atoms with Crippen LogP contribution in [0, 0.1) is 5.41 Å². The van der Waals surface area contributed by atoms with Crippen LogP contribution in [0.1, 0.15) is 38.9 Å². The number of halogens is 1. The second-order valence-electron chi connectivity index (χ2n) is 5.91. The molecule has 1 aromatic carbocycles. The van der Waals surface area contributed by atoms with Crippen LogP contribution in [-0.2, 0) is 14.3 Å². The second-order valence-corrected chi connectivity index (χ2v) is 6.35. The lowest BCUT2D eigenvalue weighted by molar-refractivity contribution is -0.136. The Morgan fingerprint density at radius 3 is 2.40 bits per heavy atom. The lowest BCUT2D eigenvalue weighted by Gasteiger charge is -2.23. The molecule has 0 spiro atoms. The number of carbonyl (C=O) groups is 1. The zero-order valence-corrected chi connectivity index (χ0v) is 13.0. The van der Waals surface area contributed by atoms with Crippen molar-refractivity contribution in [3.05, 3.63) is 46.2 Å². The highest BCUT2D eigenvalue weighted by Crippen LogP contribution is 2.43. The van der Waals surface area contributed by atoms with Crippen molar-refractivity contribution in [3.8, 4) is 0 Å². The average Bonchev–Trinajstić information content (AvgIpc) is 2.83. The predicted molar refractivity (Wildman–Crippen MR) is 78.4 cm³/mol. The Labute approximate surface area is 124 Å². The highest BCUT2D eigenvalue weighted by atomic mass is 35.5. The number of ether oxygens (including phenoxy) is 2. The van der Waals surface area contributed by atoms with Gasteiger partial charge in [0.25, 0.3) is 0 Å². The maximum absolute atomic E-state index is 11.9. The van der Waals surface area contributed by atoms with Crippen LogP contribution in [0.4, 0.5) is 0 Å². The van der Waals surface area contributed by atoms with Crippen LogP contribution in [0.15, 0.2) is 35.6 Å². The standard InChI is InChI=1S/C16H19ClO3/c1-16(2,3)14-12(15(18)19-4)9-13(20-14)10-5-7-11(17)8-6-10/h5-8,13H,9H2,1-4H3. The first-order valence-corrected chi connectivity index (χ1v) is 6.95. The van der Waals surface area contributed by atoms with Crippen molar-refractivity contribution in [2.24, 2.45) is 5.41 Å². The van der Waals surface area contributed by atoms with E-state index in [2.05, 4.69) is 0 Å². The average molecular weight is 295 g/mol. The van der Waals surface area contributed by atoms with Gasteiger partial charge in [-0.2, -0.15) is 0 Å². The van der Waals surface area contributed by atoms with Crippen molar-refractivity contribution in [1.29, 1.82) is 0 Å². The largest absolute Gasteiger partial charge is 0.489 e. The van der Waals surface area contributed by atoms with E-state index < -0.39 is 0 Å². The van der Waals surface area contributed by atoms with E-state index in [0.717, 1.165) is 5.56 Å². The molecule has 1 unspecified atom stereocenters. The highest BCUT2D eigenvalue weighted by Gasteiger charge is 2.37. The first kappa shape index (κ1) is 14.9. The molecule has 0 fully saturated rings. The molecule has 0 N–H and O–H groups in total. The van der Waals surface area contributed by atoms with Gasteiger partial charge in [-0.15, -0.1) is 0 Å². The van der Waals surface area contributed by atoms with Crippen molar-refractivity contribution < 1.29 is 14.3 Å². The van der Waals surface area contributed by atoms with Crippen LogP contribution in [-0.4, -0.2) is 13.1 Å². The van der Waals surface area contributed by atoms with E-state index in [4.69, 9.17) is 21.1 Å². The lowest BCUT2D eigenvalue weighted by Crippen LogP contribution is -2.14. The fourth-order valence-corrected chi connectivity index (χ4v) is 2.45. The molecular formula is C16H19ClO3. The Morgan fingerprint density at radius 1 is 1.30 bits per heavy atom. The summed E-state index contributed by atoms with van der Waals surface area (Å²) < 4.78 is 10.9. The van der Waals surface area contributed by atoms with Crippen LogP contribution in [0.25, 0.3) is 0 Å². The molecule has 1 aromatic rings. The summed E-state index contributed by atoms with van der Waals surface area (Å²) in [4.78, 5) is 11.9. The molecule has 0 radical (unpaired) electrons. The van der Waals surface area contributed by atoms with Crippen LogP contribution < -0.4 is 0 Å². The fraction of sp³-hybridized carbons (Fsp3) is 0.438. The number of allylic oxidation sites excluding steroid dienone is 1. The molecule has 0 bridgehead atoms. The third-order valence-electron chi connectivity index (χ3n) is 3.28. The fourth-order valence-electron chi connectivity index (χ4n) is 2.33. The number of esters is 1. The molecule has 108 valence electrons. The molecule has 20 heavy (non-hydrogen) atoms. The number of hydrogen-bond donors (Lipinski definition) is 0. The first-order valence-electron chi connectivity index (χ1n) is 6.57. The van der Waals surface area contributed by atoms with Crippen molar-refractivity contribution in [3.63, 3.8) is 0 Å². The van der Waals surface area contributed by atoms with Crippen molar-refractivity contribution >= 4 is 17.6 Å². The van der Waals surface area contributed by atoms with E-state index in [9.17, 15) is 4.79 Å². The monoisotopic (exact) mass is 294 g/mol. The molecule has 1 atom stereocenters. The van der Waals surface area contributed by atoms with Gasteiger partial charge in [-0.25, -0.2) is 4.79 Å². The Balaban J connectivity index is 2.29. The Kier molecular flexibility index (Phi) is 4.09. The predicted octanol–water partition coefficient (Wildman–Crippen LogP) is 4.27. The summed E-state index contributed by atoms with van der Waals surface area (Å²) in [6.07, 6.45) is 0.372. The van der Waals surface area contributed by atoms with E-state index in [1.54, 1.807) is 0 Å². The van der Waals surface area contributed by atoms with Gasteiger partial charge < -0.3 is 9.47 Å². The zero-order chi connectivity index (χ0) is 14.9. The topological polar surface area (TPSA) is 35.5 Å². The van der Waals surface area contributed by atoms with E-state index in [0.29, 0.717) is 22.8 Å². The van der Waals surface area contributed by atoms with E-state index in [1.807, 2.05) is 45.0 Å². The van der Waals surface area contributed by atoms with E-state index in [-0.39, 0.29) is 17.5 Å². The molecule has 0 saturated heterocycles. The number of carbonyl (C=O) groups excluding carboxylic acids is 1. The second kappa shape index (κ2) is 5.49. The molecule has 2 rings (SSSR count). The van der Waals surface area contributed by atoms with Gasteiger partial charge >= 0.3 is 5.97 Å². The molecule has 0 aromatic heterocycles. The summed E-state index contributed by atoms with van der Waals surface area (Å²) in [7, 11) is 1.39. The number of hydrogen-bond acceptors (Lipinski definition) is 3. The van der Waals surface area contributed by atoms with E-state index >= 15 is 0 Å². The van der Waals surface area contributed by atoms with Crippen molar-refractivity contribution in [1.82, 2.24) is 0 Å². The minimum atomic E-state index is -0.314. The maximum Gasteiger partial charge on any atom is 0.337 e. The van der Waals surface area contributed by atoms with Crippen molar-refractivity contribution in [2.45, 2.75) is 33.3 Å². The van der Waals surface area contributed by atoms with Crippen molar-refractivity contribution in [2.75, 3.05) is 7.11 Å². The van der Waals surface area contributed by atoms with Crippen LogP contribution in [0.5, 0.6) is 0 Å². The first-order chi connectivity index (χ1) is 9.32. The highest BCUT2D eigenvalue weighted by molar-refractivity contribution is 6.30. The van der Waals surface area contributed by atoms with Gasteiger partial charge in [-0.3, -0.25) is 0 Å². The van der Waals surface area contributed by atoms with Crippen LogP contribution >= 0.6 is 11.6 Å². The minimum absolute atomic E-state index is 0.157. The summed E-state index contributed by atoms with van der Waals surface area (Å²) in [5, 5.41) is 0.684. The summed E-state index contributed by atoms with van der Waals surface area (Å²) in [5.74, 6) is 0.399. The normalized spacial score (nSPS) is 18.9. The number of rotatable bonds is 2. The number of methoxy groups -OCH3 is 1. The van der Waals surface area contributed by atoms with Gasteiger partial charge in [0.2, 0.25) is 0 Å². The summed E-state index contributed by atoms with van der Waals surface area (Å²) in [6.45, 7) is 6.07. The SMILES string of the molecule is COC(=O)C1=C(C(C)(C)C)OC(c2ccc(Cl)cc2)C1. The summed E-state index contributed by atoms with van der Waals surface area (Å²) in [5.41, 5.74) is 1.40. The minimum Gasteiger partial charge on any atom is -0.489 e. The lowest BCUT2D eigenvalue weighted by atomic mass is 9.90. The van der Waals surface area contributed by atoms with Gasteiger partial charge in [0.15, 0.2) is 0 Å². The molecule has 1 aliphatic heterocycles. The van der Waals surface area contributed by atoms with Gasteiger partial charge in [0.05, 0.1) is 12.7 Å². The summed E-state index contributed by atoms with van der Waals surface area (Å²) in [6, 6.07) is 7.50. The quantitative estimate of drug-likeness (QED) is 0.764. The Morgan fingerprint density at radius 2 is 1.90 bits per heavy atom. The van der Waals surface area contributed by atoms with Gasteiger partial charge in [-0.1, -0.05) is 44.5 Å². The van der Waals surface area contributed by atoms with Gasteiger partial charge in [-0.05, 0) is 17.7 Å². The molecule has 1 aliphatic rings. The van der Waals surface area contributed by atoms with Crippen LogP contribution in [0.2, 0.25) is 5.02 Å². The molecule has 1 heterocycles. The van der Waals surface area contributed by atoms with Gasteiger partial charge in [0, 0.05) is 16.9 Å². The maximum atomic E-state index is 11.9. The number of benzene rings is 1. The van der Waals surface area contributed by atoms with Gasteiger partial charge in [0.1, 0.15) is 11.9 Å². The third-order valence-corrected chi connectivity index (χ3v) is 3.53. The van der Waals surface area contributed by atoms with Crippen LogP contribution in [0.3, 0.4) is 0 Å². The molecule has 3 nitrogen and oxygen atoms in total. The Bertz CT molecular complexity index is 538. The molecular weight excluding hydrogens is 276 g/mol. The molecule has 0 aliphatic carbocycles. The summed E-state index contributed by atoms with van der Waals surface area (Å²) >= 11 is 5.90. The third kappa shape index (κ3) is 2.98. The van der Waals surface area contributed by atoms with E-state index in [1.165, 1.54) is 7.11 Å². The molecule has 0 amide bonds.